The van der Waals surface area contributed by atoms with E-state index < -0.39 is 17.0 Å². The lowest BCUT2D eigenvalue weighted by molar-refractivity contribution is -0.150. The number of rotatable bonds is 3. The van der Waals surface area contributed by atoms with Crippen molar-refractivity contribution in [1.29, 1.82) is 0 Å². The second-order valence-electron chi connectivity index (χ2n) is 5.77. The molecule has 0 unspecified atom stereocenters. The molecule has 18 heavy (non-hydrogen) atoms. The van der Waals surface area contributed by atoms with E-state index in [1.54, 1.807) is 0 Å². The fourth-order valence-electron chi connectivity index (χ4n) is 3.12. The van der Waals surface area contributed by atoms with E-state index in [0.717, 1.165) is 32.1 Å². The third-order valence-corrected chi connectivity index (χ3v) is 4.42. The van der Waals surface area contributed by atoms with Gasteiger partial charge in [-0.15, -0.1) is 0 Å². The molecule has 0 aromatic rings. The summed E-state index contributed by atoms with van der Waals surface area (Å²) >= 11 is 0. The zero-order valence-electron chi connectivity index (χ0n) is 10.7. The Kier molecular flexibility index (Phi) is 3.61. The van der Waals surface area contributed by atoms with Crippen molar-refractivity contribution in [3.8, 4) is 0 Å². The van der Waals surface area contributed by atoms with Crippen molar-refractivity contribution in [1.82, 2.24) is 5.32 Å². The number of hydrogen-bond acceptors (Lipinski definition) is 3. The maximum atomic E-state index is 12.2. The molecule has 5 nitrogen and oxygen atoms in total. The van der Waals surface area contributed by atoms with E-state index in [-0.39, 0.29) is 5.91 Å². The van der Waals surface area contributed by atoms with E-state index in [9.17, 15) is 14.7 Å². The van der Waals surface area contributed by atoms with Crippen molar-refractivity contribution in [3.05, 3.63) is 0 Å². The summed E-state index contributed by atoms with van der Waals surface area (Å²) < 4.78 is 0. The summed E-state index contributed by atoms with van der Waals surface area (Å²) in [6, 6.07) is 0. The Balaban J connectivity index is 2.09. The monoisotopic (exact) mass is 254 g/mol. The van der Waals surface area contributed by atoms with Crippen molar-refractivity contribution in [2.45, 2.75) is 68.9 Å². The van der Waals surface area contributed by atoms with Crippen LogP contribution in [0.4, 0.5) is 0 Å². The first-order valence-electron chi connectivity index (χ1n) is 6.83. The first kappa shape index (κ1) is 13.3. The minimum absolute atomic E-state index is 0.274. The predicted octanol–water partition coefficient (Wildman–Crippen LogP) is 1.16. The minimum atomic E-state index is -1.08. The van der Waals surface area contributed by atoms with Gasteiger partial charge in [0.1, 0.15) is 5.54 Å². The maximum Gasteiger partial charge on any atom is 0.329 e. The van der Waals surface area contributed by atoms with Crippen LogP contribution in [-0.4, -0.2) is 28.1 Å². The van der Waals surface area contributed by atoms with Crippen LogP contribution in [0.25, 0.3) is 0 Å². The van der Waals surface area contributed by atoms with Gasteiger partial charge in [-0.2, -0.15) is 0 Å². The molecule has 2 saturated carbocycles. The molecular formula is C13H22N2O3. The number of nitrogens with two attached hydrogens (primary N) is 1. The highest BCUT2D eigenvalue weighted by molar-refractivity contribution is 5.92. The average molecular weight is 254 g/mol. The van der Waals surface area contributed by atoms with Gasteiger partial charge in [0.15, 0.2) is 0 Å². The van der Waals surface area contributed by atoms with Crippen LogP contribution in [0.3, 0.4) is 0 Å². The Morgan fingerprint density at radius 3 is 1.94 bits per heavy atom. The number of aliphatic carboxylic acids is 1. The Morgan fingerprint density at radius 2 is 1.44 bits per heavy atom. The molecular weight excluding hydrogens is 232 g/mol. The summed E-state index contributed by atoms with van der Waals surface area (Å²) in [7, 11) is 0. The average Bonchev–Trinajstić information content (AvgIpc) is 2.78. The van der Waals surface area contributed by atoms with Crippen LogP contribution in [0, 0.1) is 0 Å². The Hall–Kier alpha value is -1.10. The second-order valence-corrected chi connectivity index (χ2v) is 5.77. The van der Waals surface area contributed by atoms with Crippen LogP contribution in [0.1, 0.15) is 57.8 Å². The highest BCUT2D eigenvalue weighted by Gasteiger charge is 2.45. The van der Waals surface area contributed by atoms with Crippen LogP contribution in [0.15, 0.2) is 0 Å². The number of carboxylic acids is 1. The number of carbonyl (C=O) groups is 2. The molecule has 102 valence electrons. The van der Waals surface area contributed by atoms with Crippen molar-refractivity contribution in [2.75, 3.05) is 0 Å². The molecule has 0 heterocycles. The molecule has 0 saturated heterocycles. The first-order chi connectivity index (χ1) is 8.49. The zero-order chi connectivity index (χ0) is 13.2. The third-order valence-electron chi connectivity index (χ3n) is 4.42. The molecule has 5 heteroatoms. The second kappa shape index (κ2) is 4.88. The van der Waals surface area contributed by atoms with E-state index in [0.29, 0.717) is 25.7 Å². The van der Waals surface area contributed by atoms with Gasteiger partial charge >= 0.3 is 5.97 Å². The molecule has 0 aromatic carbocycles. The van der Waals surface area contributed by atoms with Crippen LogP contribution in [0.2, 0.25) is 0 Å². The molecule has 0 spiro atoms. The van der Waals surface area contributed by atoms with E-state index in [2.05, 4.69) is 5.32 Å². The summed E-state index contributed by atoms with van der Waals surface area (Å²) in [6.07, 6.45) is 7.00. The van der Waals surface area contributed by atoms with Gasteiger partial charge in [0, 0.05) is 0 Å². The fourth-order valence-corrected chi connectivity index (χ4v) is 3.12. The van der Waals surface area contributed by atoms with Crippen molar-refractivity contribution in [2.24, 2.45) is 5.73 Å². The Bertz CT molecular complexity index is 342. The highest BCUT2D eigenvalue weighted by atomic mass is 16.4. The largest absolute Gasteiger partial charge is 0.480 e. The van der Waals surface area contributed by atoms with Gasteiger partial charge in [-0.1, -0.05) is 32.1 Å². The van der Waals surface area contributed by atoms with Gasteiger partial charge < -0.3 is 16.2 Å². The third kappa shape index (κ3) is 2.36. The molecule has 4 N–H and O–H groups in total. The summed E-state index contributed by atoms with van der Waals surface area (Å²) in [5.74, 6) is -1.19. The smallest absolute Gasteiger partial charge is 0.329 e. The predicted molar refractivity (Wildman–Crippen MR) is 67.0 cm³/mol. The number of hydrogen-bond donors (Lipinski definition) is 3. The summed E-state index contributed by atoms with van der Waals surface area (Å²) in [5.41, 5.74) is 4.15. The SMILES string of the molecule is NC1(C(=O)NC2(C(=O)O)CCCCC2)CCCC1. The molecule has 2 rings (SSSR count). The quantitative estimate of drug-likeness (QED) is 0.704. The van der Waals surface area contributed by atoms with E-state index in [1.807, 2.05) is 0 Å². The number of carbonyl (C=O) groups excluding carboxylic acids is 1. The normalized spacial score (nSPS) is 25.6. The van der Waals surface area contributed by atoms with Gasteiger partial charge in [-0.05, 0) is 25.7 Å². The van der Waals surface area contributed by atoms with Crippen LogP contribution in [0.5, 0.6) is 0 Å². The Labute approximate surface area is 107 Å². The standard InChI is InChI=1S/C13H22N2O3/c14-12(6-4-5-7-12)10(16)15-13(11(17)18)8-2-1-3-9-13/h1-9,14H2,(H,15,16)(H,17,18). The molecule has 0 bridgehead atoms. The van der Waals surface area contributed by atoms with Crippen molar-refractivity contribution < 1.29 is 14.7 Å². The lowest BCUT2D eigenvalue weighted by Gasteiger charge is -2.36. The van der Waals surface area contributed by atoms with E-state index in [4.69, 9.17) is 5.73 Å². The molecule has 0 aromatic heterocycles. The molecule has 0 aliphatic heterocycles. The maximum absolute atomic E-state index is 12.2. The van der Waals surface area contributed by atoms with Gasteiger partial charge in [0.05, 0.1) is 5.54 Å². The highest BCUT2D eigenvalue weighted by Crippen LogP contribution is 2.32. The number of nitrogens with one attached hydrogen (secondary N) is 1. The van der Waals surface area contributed by atoms with Crippen molar-refractivity contribution in [3.63, 3.8) is 0 Å². The minimum Gasteiger partial charge on any atom is -0.480 e. The summed E-state index contributed by atoms with van der Waals surface area (Å²) in [4.78, 5) is 23.7. The van der Waals surface area contributed by atoms with Gasteiger partial charge in [-0.3, -0.25) is 4.79 Å². The summed E-state index contributed by atoms with van der Waals surface area (Å²) in [6.45, 7) is 0. The van der Waals surface area contributed by atoms with Crippen molar-refractivity contribution >= 4 is 11.9 Å². The lowest BCUT2D eigenvalue weighted by atomic mass is 9.80. The van der Waals surface area contributed by atoms with E-state index in [1.165, 1.54) is 0 Å². The molecule has 0 radical (unpaired) electrons. The molecule has 0 atom stereocenters. The fraction of sp³-hybridized carbons (Fsp3) is 0.846. The van der Waals surface area contributed by atoms with Gasteiger partial charge in [0.25, 0.3) is 0 Å². The lowest BCUT2D eigenvalue weighted by Crippen LogP contribution is -2.62. The van der Waals surface area contributed by atoms with Crippen LogP contribution >= 0.6 is 0 Å². The van der Waals surface area contributed by atoms with Crippen LogP contribution in [-0.2, 0) is 9.59 Å². The van der Waals surface area contributed by atoms with E-state index >= 15 is 0 Å². The molecule has 1 amide bonds. The molecule has 2 aliphatic rings. The number of amides is 1. The van der Waals surface area contributed by atoms with Gasteiger partial charge in [-0.25, -0.2) is 4.79 Å². The van der Waals surface area contributed by atoms with Gasteiger partial charge in [0.2, 0.25) is 5.91 Å². The zero-order valence-corrected chi connectivity index (χ0v) is 10.7. The Morgan fingerprint density at radius 1 is 0.944 bits per heavy atom. The van der Waals surface area contributed by atoms with Crippen LogP contribution < -0.4 is 11.1 Å². The number of carboxylic acid groups (broad SMARTS) is 1. The molecule has 2 fully saturated rings. The molecule has 2 aliphatic carbocycles. The topological polar surface area (TPSA) is 92.4 Å². The first-order valence-corrected chi connectivity index (χ1v) is 6.83. The summed E-state index contributed by atoms with van der Waals surface area (Å²) in [5, 5.41) is 12.2.